The third-order valence-electron chi connectivity index (χ3n) is 3.48. The van der Waals surface area contributed by atoms with Crippen LogP contribution in [0.5, 0.6) is 0 Å². The molecule has 0 bridgehead atoms. The van der Waals surface area contributed by atoms with Crippen LogP contribution in [-0.4, -0.2) is 19.6 Å². The van der Waals surface area contributed by atoms with Crippen molar-refractivity contribution in [2.45, 2.75) is 50.7 Å². The topological polar surface area (TPSA) is 66.4 Å². The van der Waals surface area contributed by atoms with E-state index >= 15 is 0 Å². The molecule has 2 N–H and O–H groups in total. The average Bonchev–Trinajstić information content (AvgIpc) is 2.85. The van der Waals surface area contributed by atoms with Gasteiger partial charge in [-0.05, 0) is 18.9 Å². The van der Waals surface area contributed by atoms with E-state index in [-0.39, 0.29) is 17.5 Å². The van der Waals surface area contributed by atoms with Gasteiger partial charge in [0.05, 0.1) is 11.5 Å². The Labute approximate surface area is 129 Å². The second-order valence-corrected chi connectivity index (χ2v) is 7.81. The Morgan fingerprint density at radius 1 is 1.29 bits per heavy atom. The van der Waals surface area contributed by atoms with Gasteiger partial charge in [-0.1, -0.05) is 38.5 Å². The first kappa shape index (κ1) is 16.4. The first-order valence-corrected chi connectivity index (χ1v) is 9.47. The molecule has 4 nitrogen and oxygen atoms in total. The summed E-state index contributed by atoms with van der Waals surface area (Å²) in [5.41, 5.74) is 0. The first-order valence-electron chi connectivity index (χ1n) is 7.17. The number of rotatable bonds is 7. The summed E-state index contributed by atoms with van der Waals surface area (Å²) in [5.74, 6) is 0. The molecule has 1 unspecified atom stereocenters. The summed E-state index contributed by atoms with van der Waals surface area (Å²) in [6, 6.07) is 7.29. The van der Waals surface area contributed by atoms with Gasteiger partial charge in [0.2, 0.25) is 10.0 Å². The molecule has 2 aromatic rings. The van der Waals surface area contributed by atoms with Gasteiger partial charge >= 0.3 is 0 Å². The standard InChI is InChI=1S/C15H21NO3S2/c1-3-7-11(4-2)16-21(18,19)15-12-8-5-6-9-13(12)20-14(15)10-17/h5-6,8-9,11,16-17H,3-4,7,10H2,1-2H3. The SMILES string of the molecule is CCCC(CC)NS(=O)(=O)c1c(CO)sc2ccccc12. The normalized spacial score (nSPS) is 13.7. The van der Waals surface area contributed by atoms with E-state index in [0.29, 0.717) is 10.3 Å². The summed E-state index contributed by atoms with van der Waals surface area (Å²) < 4.78 is 29.1. The van der Waals surface area contributed by atoms with Gasteiger partial charge < -0.3 is 5.11 Å². The predicted octanol–water partition coefficient (Wildman–Crippen LogP) is 3.25. The van der Waals surface area contributed by atoms with Crippen LogP contribution in [0, 0.1) is 0 Å². The third kappa shape index (κ3) is 3.45. The highest BCUT2D eigenvalue weighted by molar-refractivity contribution is 7.90. The molecular formula is C15H21NO3S2. The van der Waals surface area contributed by atoms with Crippen LogP contribution in [0.1, 0.15) is 38.0 Å². The van der Waals surface area contributed by atoms with Crippen molar-refractivity contribution in [1.82, 2.24) is 4.72 Å². The molecule has 1 aromatic carbocycles. The zero-order valence-electron chi connectivity index (χ0n) is 12.3. The maximum Gasteiger partial charge on any atom is 0.242 e. The van der Waals surface area contributed by atoms with Gasteiger partial charge in [-0.3, -0.25) is 0 Å². The van der Waals surface area contributed by atoms with Gasteiger partial charge in [0.1, 0.15) is 4.90 Å². The highest BCUT2D eigenvalue weighted by atomic mass is 32.2. The van der Waals surface area contributed by atoms with Gasteiger partial charge in [0.15, 0.2) is 0 Å². The van der Waals surface area contributed by atoms with E-state index in [1.165, 1.54) is 11.3 Å². The Bertz CT molecular complexity index is 707. The van der Waals surface area contributed by atoms with E-state index in [4.69, 9.17) is 0 Å². The van der Waals surface area contributed by atoms with Crippen LogP contribution in [0.3, 0.4) is 0 Å². The molecule has 1 heterocycles. The summed E-state index contributed by atoms with van der Waals surface area (Å²) in [5, 5.41) is 10.2. The predicted molar refractivity (Wildman–Crippen MR) is 87.1 cm³/mol. The Morgan fingerprint density at radius 3 is 2.62 bits per heavy atom. The fourth-order valence-corrected chi connectivity index (χ4v) is 5.60. The Balaban J connectivity index is 2.48. The largest absolute Gasteiger partial charge is 0.391 e. The van der Waals surface area contributed by atoms with E-state index in [0.717, 1.165) is 24.0 Å². The molecule has 0 aliphatic heterocycles. The zero-order chi connectivity index (χ0) is 15.5. The smallest absolute Gasteiger partial charge is 0.242 e. The summed E-state index contributed by atoms with van der Waals surface area (Å²) >= 11 is 1.33. The molecule has 2 rings (SSSR count). The van der Waals surface area contributed by atoms with Gasteiger partial charge in [-0.15, -0.1) is 11.3 Å². The third-order valence-corrected chi connectivity index (χ3v) is 6.41. The number of hydrogen-bond acceptors (Lipinski definition) is 4. The number of benzene rings is 1. The first-order chi connectivity index (χ1) is 10.0. The van der Waals surface area contributed by atoms with Crippen LogP contribution in [0.4, 0.5) is 0 Å². The van der Waals surface area contributed by atoms with Crippen LogP contribution in [0.2, 0.25) is 0 Å². The van der Waals surface area contributed by atoms with Crippen LogP contribution in [0.25, 0.3) is 10.1 Å². The molecule has 6 heteroatoms. The van der Waals surface area contributed by atoms with E-state index in [1.54, 1.807) is 6.07 Å². The monoisotopic (exact) mass is 327 g/mol. The molecule has 21 heavy (non-hydrogen) atoms. The van der Waals surface area contributed by atoms with Crippen LogP contribution in [0.15, 0.2) is 29.2 Å². The van der Waals surface area contributed by atoms with E-state index in [1.807, 2.05) is 32.0 Å². The lowest BCUT2D eigenvalue weighted by molar-refractivity contribution is 0.282. The molecule has 0 saturated carbocycles. The average molecular weight is 327 g/mol. The highest BCUT2D eigenvalue weighted by Crippen LogP contribution is 2.34. The molecule has 0 aliphatic carbocycles. The number of fused-ring (bicyclic) bond motifs is 1. The summed E-state index contributed by atoms with van der Waals surface area (Å²) in [7, 11) is -3.62. The molecule has 1 atom stereocenters. The number of thiophene rings is 1. The number of hydrogen-bond donors (Lipinski definition) is 2. The molecule has 0 radical (unpaired) electrons. The van der Waals surface area contributed by atoms with Gasteiger partial charge in [-0.2, -0.15) is 0 Å². The fourth-order valence-electron chi connectivity index (χ4n) is 2.44. The van der Waals surface area contributed by atoms with Crippen molar-refractivity contribution in [1.29, 1.82) is 0 Å². The van der Waals surface area contributed by atoms with Crippen LogP contribution < -0.4 is 4.72 Å². The molecule has 0 aliphatic rings. The Hall–Kier alpha value is -0.950. The summed E-state index contributed by atoms with van der Waals surface area (Å²) in [6.07, 6.45) is 2.49. The van der Waals surface area contributed by atoms with Crippen molar-refractivity contribution in [3.05, 3.63) is 29.1 Å². The Morgan fingerprint density at radius 2 is 2.00 bits per heavy atom. The number of nitrogens with one attached hydrogen (secondary N) is 1. The van der Waals surface area contributed by atoms with Crippen molar-refractivity contribution in [3.63, 3.8) is 0 Å². The van der Waals surface area contributed by atoms with Crippen molar-refractivity contribution in [2.75, 3.05) is 0 Å². The molecule has 0 saturated heterocycles. The van der Waals surface area contributed by atoms with Crippen molar-refractivity contribution in [2.24, 2.45) is 0 Å². The molecule has 0 amide bonds. The van der Waals surface area contributed by atoms with Gasteiger partial charge in [-0.25, -0.2) is 13.1 Å². The van der Waals surface area contributed by atoms with Crippen molar-refractivity contribution in [3.8, 4) is 0 Å². The minimum atomic E-state index is -3.62. The van der Waals surface area contributed by atoms with Gasteiger partial charge in [0.25, 0.3) is 0 Å². The molecular weight excluding hydrogens is 306 g/mol. The number of aliphatic hydroxyl groups is 1. The minimum Gasteiger partial charge on any atom is -0.391 e. The number of aliphatic hydroxyl groups excluding tert-OH is 1. The zero-order valence-corrected chi connectivity index (χ0v) is 13.9. The maximum absolute atomic E-state index is 12.7. The van der Waals surface area contributed by atoms with E-state index in [2.05, 4.69) is 4.72 Å². The van der Waals surface area contributed by atoms with E-state index in [9.17, 15) is 13.5 Å². The lowest BCUT2D eigenvalue weighted by Gasteiger charge is -2.16. The van der Waals surface area contributed by atoms with Crippen molar-refractivity contribution >= 4 is 31.4 Å². The van der Waals surface area contributed by atoms with E-state index < -0.39 is 10.0 Å². The van der Waals surface area contributed by atoms with Gasteiger partial charge in [0, 0.05) is 16.1 Å². The maximum atomic E-state index is 12.7. The van der Waals surface area contributed by atoms with Crippen molar-refractivity contribution < 1.29 is 13.5 Å². The lowest BCUT2D eigenvalue weighted by Crippen LogP contribution is -2.34. The van der Waals surface area contributed by atoms with Crippen LogP contribution >= 0.6 is 11.3 Å². The lowest BCUT2D eigenvalue weighted by atomic mass is 10.1. The van der Waals surface area contributed by atoms with Crippen LogP contribution in [-0.2, 0) is 16.6 Å². The Kier molecular flexibility index (Phi) is 5.37. The fraction of sp³-hybridized carbons (Fsp3) is 0.467. The summed E-state index contributed by atoms with van der Waals surface area (Å²) in [4.78, 5) is 0.732. The molecule has 0 fully saturated rings. The molecule has 116 valence electrons. The highest BCUT2D eigenvalue weighted by Gasteiger charge is 2.26. The molecule has 0 spiro atoms. The molecule has 1 aromatic heterocycles. The second-order valence-electron chi connectivity index (χ2n) is 5.02. The number of sulfonamides is 1. The minimum absolute atomic E-state index is 0.0646. The summed E-state index contributed by atoms with van der Waals surface area (Å²) in [6.45, 7) is 3.75. The quantitative estimate of drug-likeness (QED) is 0.820. The second kappa shape index (κ2) is 6.87.